The fourth-order valence-corrected chi connectivity index (χ4v) is 5.09. The molecule has 0 radical (unpaired) electrons. The van der Waals surface area contributed by atoms with Crippen molar-refractivity contribution in [2.24, 2.45) is 5.92 Å². The summed E-state index contributed by atoms with van der Waals surface area (Å²) in [5, 5.41) is 20.8. The number of esters is 1. The predicted molar refractivity (Wildman–Crippen MR) is 146 cm³/mol. The SMILES string of the molecule is N#Cc1ccc2c(c1)C(=O)N(CC(=O)OC(Cc1c(Cl)c[n+]([O-])cc1Cl)c1ccc(OC(F)F)c(OCC3CC3)c1)C2=O. The van der Waals surface area contributed by atoms with Crippen LogP contribution in [0.25, 0.3) is 0 Å². The van der Waals surface area contributed by atoms with E-state index in [9.17, 15) is 28.4 Å². The zero-order valence-corrected chi connectivity index (χ0v) is 23.6. The number of ether oxygens (including phenoxy) is 3. The maximum absolute atomic E-state index is 13.2. The zero-order valence-electron chi connectivity index (χ0n) is 22.1. The van der Waals surface area contributed by atoms with Gasteiger partial charge >= 0.3 is 12.6 Å². The van der Waals surface area contributed by atoms with Crippen molar-refractivity contribution in [1.29, 1.82) is 5.26 Å². The number of halogens is 4. The molecule has 3 aromatic rings. The van der Waals surface area contributed by atoms with Crippen molar-refractivity contribution in [2.75, 3.05) is 13.2 Å². The molecule has 1 fully saturated rings. The fraction of sp³-hybridized carbons (Fsp3) is 0.276. The molecular formula is C29H21Cl2F2N3O7. The van der Waals surface area contributed by atoms with Gasteiger partial charge in [-0.1, -0.05) is 29.3 Å². The molecule has 10 nitrogen and oxygen atoms in total. The third-order valence-electron chi connectivity index (χ3n) is 6.84. The average Bonchev–Trinajstić information content (AvgIpc) is 3.76. The van der Waals surface area contributed by atoms with E-state index in [0.29, 0.717) is 9.63 Å². The Kier molecular flexibility index (Phi) is 8.66. The van der Waals surface area contributed by atoms with Crippen LogP contribution in [-0.4, -0.2) is 42.4 Å². The van der Waals surface area contributed by atoms with E-state index >= 15 is 0 Å². The first-order valence-corrected chi connectivity index (χ1v) is 13.7. The number of benzene rings is 2. The first-order valence-electron chi connectivity index (χ1n) is 12.9. The summed E-state index contributed by atoms with van der Waals surface area (Å²) in [7, 11) is 0. The van der Waals surface area contributed by atoms with E-state index in [2.05, 4.69) is 4.74 Å². The minimum atomic E-state index is -3.12. The Hall–Kier alpha value is -4.47. The molecule has 222 valence electrons. The van der Waals surface area contributed by atoms with Crippen molar-refractivity contribution < 1.29 is 42.1 Å². The van der Waals surface area contributed by atoms with E-state index < -0.39 is 37.0 Å². The number of carbonyl (C=O) groups excluding carboxylic acids is 3. The molecule has 1 aliphatic heterocycles. The first kappa shape index (κ1) is 30.0. The summed E-state index contributed by atoms with van der Waals surface area (Å²) in [6, 6.07) is 9.85. The van der Waals surface area contributed by atoms with Crippen molar-refractivity contribution >= 4 is 41.0 Å². The summed E-state index contributed by atoms with van der Waals surface area (Å²) < 4.78 is 42.6. The Morgan fingerprint density at radius 2 is 1.77 bits per heavy atom. The highest BCUT2D eigenvalue weighted by atomic mass is 35.5. The van der Waals surface area contributed by atoms with E-state index in [0.717, 1.165) is 25.2 Å². The van der Waals surface area contributed by atoms with E-state index in [1.165, 1.54) is 36.4 Å². The van der Waals surface area contributed by atoms with Crippen LogP contribution in [0, 0.1) is 22.5 Å². The topological polar surface area (TPSA) is 133 Å². The van der Waals surface area contributed by atoms with Gasteiger partial charge in [0.1, 0.15) is 22.7 Å². The quantitative estimate of drug-likeness (QED) is 0.125. The summed E-state index contributed by atoms with van der Waals surface area (Å²) in [4.78, 5) is 39.7. The minimum absolute atomic E-state index is 0.0120. The minimum Gasteiger partial charge on any atom is -0.619 e. The lowest BCUT2D eigenvalue weighted by molar-refractivity contribution is -0.605. The molecule has 0 N–H and O–H groups in total. The number of amides is 2. The van der Waals surface area contributed by atoms with Gasteiger partial charge in [0.2, 0.25) is 0 Å². The van der Waals surface area contributed by atoms with Crippen LogP contribution >= 0.6 is 23.2 Å². The van der Waals surface area contributed by atoms with Crippen molar-refractivity contribution in [2.45, 2.75) is 32.0 Å². The van der Waals surface area contributed by atoms with E-state index in [4.69, 9.17) is 37.9 Å². The normalized spacial score (nSPS) is 14.8. The van der Waals surface area contributed by atoms with Gasteiger partial charge in [-0.25, -0.2) is 0 Å². The van der Waals surface area contributed by atoms with Gasteiger partial charge in [0, 0.05) is 12.0 Å². The molecule has 14 heteroatoms. The van der Waals surface area contributed by atoms with Gasteiger partial charge in [-0.05, 0) is 54.7 Å². The molecule has 0 bridgehead atoms. The first-order chi connectivity index (χ1) is 20.5. The molecule has 1 aliphatic carbocycles. The largest absolute Gasteiger partial charge is 0.619 e. The summed E-state index contributed by atoms with van der Waals surface area (Å²) in [6.07, 6.45) is 2.62. The Balaban J connectivity index is 1.43. The van der Waals surface area contributed by atoms with Crippen molar-refractivity contribution in [1.82, 2.24) is 4.90 Å². The van der Waals surface area contributed by atoms with Crippen LogP contribution in [0.2, 0.25) is 10.0 Å². The van der Waals surface area contributed by atoms with Crippen molar-refractivity contribution in [3.05, 3.63) is 91.9 Å². The van der Waals surface area contributed by atoms with Crippen LogP contribution in [0.4, 0.5) is 8.78 Å². The molecule has 5 rings (SSSR count). The third kappa shape index (κ3) is 6.79. The fourth-order valence-electron chi connectivity index (χ4n) is 4.49. The number of hydrogen-bond acceptors (Lipinski definition) is 8. The van der Waals surface area contributed by atoms with Gasteiger partial charge < -0.3 is 19.4 Å². The molecule has 43 heavy (non-hydrogen) atoms. The number of nitriles is 1. The summed E-state index contributed by atoms with van der Waals surface area (Å²) in [5.74, 6) is -2.46. The Bertz CT molecular complexity index is 1640. The molecular weight excluding hydrogens is 611 g/mol. The number of rotatable bonds is 11. The van der Waals surface area contributed by atoms with E-state index in [1.54, 1.807) is 0 Å². The Morgan fingerprint density at radius 3 is 2.42 bits per heavy atom. The van der Waals surface area contributed by atoms with E-state index in [-0.39, 0.29) is 68.3 Å². The average molecular weight is 632 g/mol. The number of fused-ring (bicyclic) bond motifs is 1. The smallest absolute Gasteiger partial charge is 0.387 e. The molecule has 1 saturated carbocycles. The van der Waals surface area contributed by atoms with Crippen LogP contribution in [-0.2, 0) is 16.0 Å². The monoisotopic (exact) mass is 631 g/mol. The lowest BCUT2D eigenvalue weighted by Gasteiger charge is -2.22. The molecule has 2 heterocycles. The Labute approximate surface area is 253 Å². The number of nitrogens with zero attached hydrogens (tertiary/aromatic N) is 3. The van der Waals surface area contributed by atoms with Gasteiger partial charge in [0.05, 0.1) is 29.4 Å². The van der Waals surface area contributed by atoms with Crippen molar-refractivity contribution in [3.63, 3.8) is 0 Å². The number of alkyl halides is 2. The van der Waals surface area contributed by atoms with Crippen molar-refractivity contribution in [3.8, 4) is 17.6 Å². The predicted octanol–water partition coefficient (Wildman–Crippen LogP) is 5.01. The van der Waals surface area contributed by atoms with Gasteiger partial charge in [-0.2, -0.15) is 18.8 Å². The molecule has 0 saturated heterocycles. The van der Waals surface area contributed by atoms with Crippen LogP contribution in [0.5, 0.6) is 11.5 Å². The van der Waals surface area contributed by atoms with Gasteiger partial charge in [-0.15, -0.1) is 0 Å². The molecule has 1 unspecified atom stereocenters. The highest BCUT2D eigenvalue weighted by Crippen LogP contribution is 2.38. The third-order valence-corrected chi connectivity index (χ3v) is 7.49. The number of carbonyl (C=O) groups is 3. The summed E-state index contributed by atoms with van der Waals surface area (Å²) in [6.45, 7) is -3.62. The lowest BCUT2D eigenvalue weighted by Crippen LogP contribution is -2.36. The van der Waals surface area contributed by atoms with E-state index in [1.807, 2.05) is 6.07 Å². The summed E-state index contributed by atoms with van der Waals surface area (Å²) >= 11 is 12.5. The number of hydrogen-bond donors (Lipinski definition) is 0. The van der Waals surface area contributed by atoms with Gasteiger partial charge in [0.25, 0.3) is 11.8 Å². The molecule has 2 amide bonds. The number of aromatic nitrogens is 1. The maximum Gasteiger partial charge on any atom is 0.387 e. The second-order valence-electron chi connectivity index (χ2n) is 9.88. The highest BCUT2D eigenvalue weighted by Gasteiger charge is 2.38. The molecule has 1 atom stereocenters. The van der Waals surface area contributed by atoms with Crippen LogP contribution < -0.4 is 14.2 Å². The maximum atomic E-state index is 13.2. The highest BCUT2D eigenvalue weighted by molar-refractivity contribution is 6.35. The molecule has 2 aromatic carbocycles. The molecule has 0 spiro atoms. The molecule has 1 aromatic heterocycles. The Morgan fingerprint density at radius 1 is 1.07 bits per heavy atom. The van der Waals surface area contributed by atoms with Gasteiger partial charge in [0.15, 0.2) is 23.9 Å². The van der Waals surface area contributed by atoms with Crippen LogP contribution in [0.3, 0.4) is 0 Å². The zero-order chi connectivity index (χ0) is 30.8. The second kappa shape index (κ2) is 12.4. The standard InChI is InChI=1S/C29H21Cl2F2N3O7/c30-21-11-35(40)12-22(31)20(21)9-24(17-4-6-23(43-29(32)33)25(8-17)41-14-15-1-2-15)42-26(37)13-36-27(38)18-5-3-16(10-34)7-19(18)28(36)39/h3-8,11-12,15,24,29H,1-2,9,13-14H2. The van der Waals surface area contributed by atoms with Crippen LogP contribution in [0.15, 0.2) is 48.8 Å². The number of pyridine rings is 1. The second-order valence-corrected chi connectivity index (χ2v) is 10.7. The van der Waals surface area contributed by atoms with Gasteiger partial charge in [-0.3, -0.25) is 19.3 Å². The molecule has 2 aliphatic rings. The number of imide groups is 1. The van der Waals surface area contributed by atoms with Crippen LogP contribution in [0.1, 0.15) is 56.4 Å². The lowest BCUT2D eigenvalue weighted by atomic mass is 10.0. The summed E-state index contributed by atoms with van der Waals surface area (Å²) in [5.41, 5.74) is 0.696.